The zero-order valence-corrected chi connectivity index (χ0v) is 9.04. The number of carbonyl (C=O) groups is 1. The summed E-state index contributed by atoms with van der Waals surface area (Å²) in [6, 6.07) is 5.70. The van der Waals surface area contributed by atoms with E-state index in [0.717, 1.165) is 24.0 Å². The van der Waals surface area contributed by atoms with E-state index in [1.54, 1.807) is 6.07 Å². The van der Waals surface area contributed by atoms with Crippen LogP contribution in [-0.4, -0.2) is 13.1 Å². The second-order valence-electron chi connectivity index (χ2n) is 4.18. The number of carbonyl (C=O) groups excluding carboxylic acids is 1. The Balaban J connectivity index is 2.35. The second kappa shape index (κ2) is 3.35. The number of ether oxygens (including phenoxy) is 1. The van der Waals surface area contributed by atoms with Gasteiger partial charge in [-0.2, -0.15) is 0 Å². The third-order valence-electron chi connectivity index (χ3n) is 3.00. The van der Waals surface area contributed by atoms with Gasteiger partial charge in [-0.05, 0) is 37.0 Å². The number of hydrogen-bond acceptors (Lipinski definition) is 3. The molecule has 1 fully saturated rings. The number of nitrogens with two attached hydrogens (primary N) is 1. The molecular formula is C12H15NO2. The minimum absolute atomic E-state index is 0.139. The Morgan fingerprint density at radius 1 is 1.47 bits per heavy atom. The highest BCUT2D eigenvalue weighted by Crippen LogP contribution is 2.42. The van der Waals surface area contributed by atoms with Gasteiger partial charge in [-0.1, -0.05) is 12.1 Å². The summed E-state index contributed by atoms with van der Waals surface area (Å²) >= 11 is 0. The van der Waals surface area contributed by atoms with Gasteiger partial charge in [0, 0.05) is 5.54 Å². The summed E-state index contributed by atoms with van der Waals surface area (Å²) in [5.74, 6) is -0.291. The molecule has 0 radical (unpaired) electrons. The molecule has 0 spiro atoms. The van der Waals surface area contributed by atoms with E-state index in [1.165, 1.54) is 7.11 Å². The van der Waals surface area contributed by atoms with E-state index in [1.807, 2.05) is 19.1 Å². The summed E-state index contributed by atoms with van der Waals surface area (Å²) < 4.78 is 4.69. The van der Waals surface area contributed by atoms with E-state index in [0.29, 0.717) is 5.56 Å². The van der Waals surface area contributed by atoms with Crippen LogP contribution in [0.1, 0.15) is 34.3 Å². The van der Waals surface area contributed by atoms with Crippen molar-refractivity contribution in [3.63, 3.8) is 0 Å². The molecule has 1 saturated carbocycles. The molecule has 0 atom stereocenters. The van der Waals surface area contributed by atoms with Crippen LogP contribution >= 0.6 is 0 Å². The van der Waals surface area contributed by atoms with Gasteiger partial charge in [0.1, 0.15) is 0 Å². The van der Waals surface area contributed by atoms with E-state index in [-0.39, 0.29) is 11.5 Å². The summed E-state index contributed by atoms with van der Waals surface area (Å²) in [4.78, 5) is 11.4. The molecule has 0 aromatic heterocycles. The normalized spacial score (nSPS) is 17.3. The first-order valence-electron chi connectivity index (χ1n) is 5.05. The molecule has 0 bridgehead atoms. The Morgan fingerprint density at radius 3 is 2.60 bits per heavy atom. The maximum atomic E-state index is 11.4. The van der Waals surface area contributed by atoms with Gasteiger partial charge in [-0.3, -0.25) is 0 Å². The predicted molar refractivity (Wildman–Crippen MR) is 57.6 cm³/mol. The summed E-state index contributed by atoms with van der Waals surface area (Å²) in [6.07, 6.45) is 2.06. The minimum Gasteiger partial charge on any atom is -0.465 e. The van der Waals surface area contributed by atoms with Crippen LogP contribution in [-0.2, 0) is 10.3 Å². The number of hydrogen-bond donors (Lipinski definition) is 1. The van der Waals surface area contributed by atoms with E-state index in [2.05, 4.69) is 4.74 Å². The Labute approximate surface area is 89.2 Å². The molecule has 0 heterocycles. The van der Waals surface area contributed by atoms with Crippen LogP contribution in [0.5, 0.6) is 0 Å². The maximum absolute atomic E-state index is 11.4. The number of esters is 1. The molecule has 1 aliphatic rings. The van der Waals surface area contributed by atoms with Gasteiger partial charge in [-0.25, -0.2) is 4.79 Å². The van der Waals surface area contributed by atoms with Crippen molar-refractivity contribution in [3.05, 3.63) is 34.9 Å². The average molecular weight is 205 g/mol. The zero-order chi connectivity index (χ0) is 11.1. The van der Waals surface area contributed by atoms with Gasteiger partial charge < -0.3 is 10.5 Å². The van der Waals surface area contributed by atoms with Crippen molar-refractivity contribution in [2.24, 2.45) is 5.73 Å². The molecule has 0 amide bonds. The molecule has 1 aromatic carbocycles. The molecule has 3 heteroatoms. The Bertz CT molecular complexity index is 408. The third kappa shape index (κ3) is 1.75. The first kappa shape index (κ1) is 10.2. The second-order valence-corrected chi connectivity index (χ2v) is 4.18. The van der Waals surface area contributed by atoms with E-state index in [4.69, 9.17) is 5.73 Å². The van der Waals surface area contributed by atoms with Crippen LogP contribution in [0, 0.1) is 6.92 Å². The van der Waals surface area contributed by atoms with Gasteiger partial charge in [0.05, 0.1) is 12.7 Å². The van der Waals surface area contributed by atoms with Crippen molar-refractivity contribution >= 4 is 5.97 Å². The van der Waals surface area contributed by atoms with E-state index < -0.39 is 0 Å². The first-order valence-corrected chi connectivity index (χ1v) is 5.05. The molecule has 80 valence electrons. The summed E-state index contributed by atoms with van der Waals surface area (Å²) in [5, 5.41) is 0. The molecule has 0 aliphatic heterocycles. The van der Waals surface area contributed by atoms with Gasteiger partial charge in [0.25, 0.3) is 0 Å². The monoisotopic (exact) mass is 205 g/mol. The van der Waals surface area contributed by atoms with Gasteiger partial charge in [-0.15, -0.1) is 0 Å². The fourth-order valence-electron chi connectivity index (χ4n) is 1.74. The van der Waals surface area contributed by atoms with Crippen LogP contribution in [0.2, 0.25) is 0 Å². The van der Waals surface area contributed by atoms with Crippen molar-refractivity contribution in [1.29, 1.82) is 0 Å². The van der Waals surface area contributed by atoms with Gasteiger partial charge in [0.15, 0.2) is 0 Å². The molecule has 15 heavy (non-hydrogen) atoms. The lowest BCUT2D eigenvalue weighted by molar-refractivity contribution is 0.0600. The largest absolute Gasteiger partial charge is 0.465 e. The smallest absolute Gasteiger partial charge is 0.338 e. The Kier molecular flexibility index (Phi) is 2.27. The summed E-state index contributed by atoms with van der Waals surface area (Å²) in [5.41, 5.74) is 8.60. The van der Waals surface area contributed by atoms with Crippen LogP contribution < -0.4 is 5.73 Å². The molecular weight excluding hydrogens is 190 g/mol. The highest BCUT2D eigenvalue weighted by Gasteiger charge is 2.40. The zero-order valence-electron chi connectivity index (χ0n) is 9.04. The summed E-state index contributed by atoms with van der Waals surface area (Å²) in [6.45, 7) is 1.90. The van der Waals surface area contributed by atoms with Crippen molar-refractivity contribution in [3.8, 4) is 0 Å². The van der Waals surface area contributed by atoms with Crippen molar-refractivity contribution in [2.45, 2.75) is 25.3 Å². The highest BCUT2D eigenvalue weighted by atomic mass is 16.5. The van der Waals surface area contributed by atoms with Crippen molar-refractivity contribution in [2.75, 3.05) is 7.11 Å². The quantitative estimate of drug-likeness (QED) is 0.748. The summed E-state index contributed by atoms with van der Waals surface area (Å²) in [7, 11) is 1.39. The predicted octanol–water partition coefficient (Wildman–Crippen LogP) is 1.73. The molecule has 1 aliphatic carbocycles. The van der Waals surface area contributed by atoms with Gasteiger partial charge in [0.2, 0.25) is 0 Å². The van der Waals surface area contributed by atoms with Crippen LogP contribution in [0.25, 0.3) is 0 Å². The Hall–Kier alpha value is -1.35. The minimum atomic E-state index is -0.291. The highest BCUT2D eigenvalue weighted by molar-refractivity contribution is 5.91. The van der Waals surface area contributed by atoms with Crippen LogP contribution in [0.3, 0.4) is 0 Å². The fraction of sp³-hybridized carbons (Fsp3) is 0.417. The molecule has 1 aromatic rings. The Morgan fingerprint density at radius 2 is 2.13 bits per heavy atom. The maximum Gasteiger partial charge on any atom is 0.338 e. The number of benzene rings is 1. The SMILES string of the molecule is COC(=O)c1ccc(C2(N)CC2)cc1C. The molecule has 2 rings (SSSR count). The van der Waals surface area contributed by atoms with Crippen molar-refractivity contribution in [1.82, 2.24) is 0 Å². The molecule has 3 nitrogen and oxygen atoms in total. The average Bonchev–Trinajstić information content (AvgIpc) is 2.96. The third-order valence-corrected chi connectivity index (χ3v) is 3.00. The lowest BCUT2D eigenvalue weighted by Crippen LogP contribution is -2.19. The standard InChI is InChI=1S/C12H15NO2/c1-8-7-9(12(13)5-6-12)3-4-10(8)11(14)15-2/h3-4,7H,5-6,13H2,1-2H3. The molecule has 0 saturated heterocycles. The number of rotatable bonds is 2. The molecule has 0 unspecified atom stereocenters. The number of methoxy groups -OCH3 is 1. The first-order chi connectivity index (χ1) is 7.07. The van der Waals surface area contributed by atoms with Crippen LogP contribution in [0.4, 0.5) is 0 Å². The van der Waals surface area contributed by atoms with Crippen molar-refractivity contribution < 1.29 is 9.53 Å². The topological polar surface area (TPSA) is 52.3 Å². The lowest BCUT2D eigenvalue weighted by Gasteiger charge is -2.11. The fourth-order valence-corrected chi connectivity index (χ4v) is 1.74. The number of aryl methyl sites for hydroxylation is 1. The molecule has 2 N–H and O–H groups in total. The van der Waals surface area contributed by atoms with E-state index in [9.17, 15) is 4.79 Å². The van der Waals surface area contributed by atoms with E-state index >= 15 is 0 Å². The van der Waals surface area contributed by atoms with Gasteiger partial charge >= 0.3 is 5.97 Å². The lowest BCUT2D eigenvalue weighted by atomic mass is 9.99. The van der Waals surface area contributed by atoms with Crippen LogP contribution in [0.15, 0.2) is 18.2 Å².